The number of H-pyrrole nitrogens is 1. The first-order valence-corrected chi connectivity index (χ1v) is 4.01. The van der Waals surface area contributed by atoms with Gasteiger partial charge in [-0.05, 0) is 19.4 Å². The molecule has 0 saturated heterocycles. The number of carbonyl (C=O) groups is 1. The third-order valence-corrected chi connectivity index (χ3v) is 1.63. The molecule has 0 atom stereocenters. The molecule has 13 heavy (non-hydrogen) atoms. The number of esters is 1. The van der Waals surface area contributed by atoms with E-state index in [4.69, 9.17) is 4.74 Å². The molecule has 1 rings (SSSR count). The molecule has 4 nitrogen and oxygen atoms in total. The van der Waals surface area contributed by atoms with Crippen LogP contribution < -0.4 is 5.56 Å². The fourth-order valence-electron chi connectivity index (χ4n) is 1.00. The molecule has 1 N–H and O–H groups in total. The van der Waals surface area contributed by atoms with E-state index in [9.17, 15) is 9.59 Å². The lowest BCUT2D eigenvalue weighted by Crippen LogP contribution is -2.12. The predicted octanol–water partition coefficient (Wildman–Crippen LogP) is 0.860. The number of aromatic nitrogens is 1. The van der Waals surface area contributed by atoms with E-state index in [2.05, 4.69) is 4.98 Å². The molecular formula is C9H11NO3. The number of carbonyl (C=O) groups excluding carboxylic acids is 1. The van der Waals surface area contributed by atoms with Crippen LogP contribution in [0.25, 0.3) is 0 Å². The zero-order valence-corrected chi connectivity index (χ0v) is 7.59. The van der Waals surface area contributed by atoms with E-state index in [1.807, 2.05) is 0 Å². The number of pyridine rings is 1. The first-order valence-electron chi connectivity index (χ1n) is 4.01. The van der Waals surface area contributed by atoms with Gasteiger partial charge >= 0.3 is 5.97 Å². The molecule has 0 fully saturated rings. The lowest BCUT2D eigenvalue weighted by atomic mass is 10.2. The highest BCUT2D eigenvalue weighted by Crippen LogP contribution is 2.04. The van der Waals surface area contributed by atoms with Gasteiger partial charge in [0.2, 0.25) is 5.56 Å². The highest BCUT2D eigenvalue weighted by atomic mass is 16.5. The molecule has 1 heterocycles. The van der Waals surface area contributed by atoms with Crippen LogP contribution in [0.2, 0.25) is 0 Å². The van der Waals surface area contributed by atoms with Crippen molar-refractivity contribution in [3.05, 3.63) is 33.7 Å². The molecule has 0 unspecified atom stereocenters. The van der Waals surface area contributed by atoms with Gasteiger partial charge < -0.3 is 9.72 Å². The van der Waals surface area contributed by atoms with Gasteiger partial charge in [-0.2, -0.15) is 0 Å². The van der Waals surface area contributed by atoms with Gasteiger partial charge in [-0.3, -0.25) is 4.79 Å². The van der Waals surface area contributed by atoms with Crippen LogP contribution in [0.5, 0.6) is 0 Å². The molecule has 0 bridgehead atoms. The van der Waals surface area contributed by atoms with E-state index in [1.54, 1.807) is 13.8 Å². The molecule has 0 spiro atoms. The molecule has 1 aromatic rings. The average molecular weight is 181 g/mol. The van der Waals surface area contributed by atoms with E-state index < -0.39 is 5.97 Å². The maximum atomic E-state index is 11.2. The van der Waals surface area contributed by atoms with Crippen molar-refractivity contribution in [1.29, 1.82) is 0 Å². The minimum atomic E-state index is -0.406. The maximum Gasteiger partial charge on any atom is 0.339 e. The van der Waals surface area contributed by atoms with Crippen LogP contribution >= 0.6 is 0 Å². The topological polar surface area (TPSA) is 59.2 Å². The number of aromatic amines is 1. The summed E-state index contributed by atoms with van der Waals surface area (Å²) in [5, 5.41) is 0. The highest BCUT2D eigenvalue weighted by Gasteiger charge is 2.09. The summed E-state index contributed by atoms with van der Waals surface area (Å²) in [6, 6.07) is 1.37. The van der Waals surface area contributed by atoms with Crippen molar-refractivity contribution in [3.63, 3.8) is 0 Å². The van der Waals surface area contributed by atoms with Gasteiger partial charge in [-0.25, -0.2) is 4.79 Å². The molecule has 0 aromatic carbocycles. The highest BCUT2D eigenvalue weighted by molar-refractivity contribution is 5.90. The van der Waals surface area contributed by atoms with Gasteiger partial charge in [0, 0.05) is 12.3 Å². The Balaban J connectivity index is 3.02. The second-order valence-electron chi connectivity index (χ2n) is 2.61. The molecule has 0 radical (unpaired) electrons. The Morgan fingerprint density at radius 3 is 2.85 bits per heavy atom. The van der Waals surface area contributed by atoms with Gasteiger partial charge in [-0.1, -0.05) is 0 Å². The fourth-order valence-corrected chi connectivity index (χ4v) is 1.00. The van der Waals surface area contributed by atoms with Gasteiger partial charge in [0.25, 0.3) is 0 Å². The maximum absolute atomic E-state index is 11.2. The van der Waals surface area contributed by atoms with Crippen molar-refractivity contribution in [2.45, 2.75) is 13.8 Å². The average Bonchev–Trinajstić information content (AvgIpc) is 2.04. The lowest BCUT2D eigenvalue weighted by Gasteiger charge is -2.03. The monoisotopic (exact) mass is 181 g/mol. The summed E-state index contributed by atoms with van der Waals surface area (Å²) in [7, 11) is 0. The smallest absolute Gasteiger partial charge is 0.339 e. The van der Waals surface area contributed by atoms with Crippen molar-refractivity contribution < 1.29 is 9.53 Å². The SMILES string of the molecule is CCOC(=O)c1c[nH]c(=O)cc1C. The molecule has 0 aliphatic rings. The number of aryl methyl sites for hydroxylation is 1. The summed E-state index contributed by atoms with van der Waals surface area (Å²) in [6.07, 6.45) is 1.37. The van der Waals surface area contributed by atoms with E-state index in [0.717, 1.165) is 0 Å². The molecule has 1 aromatic heterocycles. The van der Waals surface area contributed by atoms with E-state index in [0.29, 0.717) is 17.7 Å². The van der Waals surface area contributed by atoms with Crippen LogP contribution in [0.15, 0.2) is 17.1 Å². The summed E-state index contributed by atoms with van der Waals surface area (Å²) in [5.74, 6) is -0.406. The Hall–Kier alpha value is -1.58. The zero-order chi connectivity index (χ0) is 9.84. The molecule has 0 aliphatic carbocycles. The summed E-state index contributed by atoms with van der Waals surface area (Å²) in [4.78, 5) is 24.5. The van der Waals surface area contributed by atoms with Crippen LogP contribution in [0.3, 0.4) is 0 Å². The van der Waals surface area contributed by atoms with Crippen molar-refractivity contribution in [2.24, 2.45) is 0 Å². The largest absolute Gasteiger partial charge is 0.462 e. The Morgan fingerprint density at radius 1 is 1.62 bits per heavy atom. The van der Waals surface area contributed by atoms with E-state index in [-0.39, 0.29) is 5.56 Å². The normalized spacial score (nSPS) is 9.69. The lowest BCUT2D eigenvalue weighted by molar-refractivity contribution is 0.0525. The molecule has 4 heteroatoms. The minimum Gasteiger partial charge on any atom is -0.462 e. The van der Waals surface area contributed by atoms with Crippen LogP contribution in [0.4, 0.5) is 0 Å². The quantitative estimate of drug-likeness (QED) is 0.688. The van der Waals surface area contributed by atoms with Crippen molar-refractivity contribution in [1.82, 2.24) is 4.98 Å². The molecule has 0 amide bonds. The predicted molar refractivity (Wildman–Crippen MR) is 47.8 cm³/mol. The van der Waals surface area contributed by atoms with E-state index in [1.165, 1.54) is 12.3 Å². The first kappa shape index (κ1) is 9.51. The Morgan fingerprint density at radius 2 is 2.31 bits per heavy atom. The van der Waals surface area contributed by atoms with Crippen LogP contribution in [0, 0.1) is 6.92 Å². The Bertz CT molecular complexity index is 367. The third-order valence-electron chi connectivity index (χ3n) is 1.63. The third kappa shape index (κ3) is 2.18. The molecule has 0 saturated carbocycles. The summed E-state index contributed by atoms with van der Waals surface area (Å²) >= 11 is 0. The molecule has 0 aliphatic heterocycles. The molecule has 70 valence electrons. The minimum absolute atomic E-state index is 0.217. The van der Waals surface area contributed by atoms with Gasteiger partial charge in [0.05, 0.1) is 12.2 Å². The zero-order valence-electron chi connectivity index (χ0n) is 7.59. The summed E-state index contributed by atoms with van der Waals surface area (Å²) in [6.45, 7) is 3.76. The van der Waals surface area contributed by atoms with Gasteiger partial charge in [0.1, 0.15) is 0 Å². The second-order valence-corrected chi connectivity index (χ2v) is 2.61. The van der Waals surface area contributed by atoms with Crippen LogP contribution in [-0.2, 0) is 4.74 Å². The Labute approximate surface area is 75.5 Å². The number of rotatable bonds is 2. The van der Waals surface area contributed by atoms with Crippen LogP contribution in [-0.4, -0.2) is 17.6 Å². The number of hydrogen-bond donors (Lipinski definition) is 1. The number of ether oxygens (including phenoxy) is 1. The number of hydrogen-bond acceptors (Lipinski definition) is 3. The van der Waals surface area contributed by atoms with E-state index >= 15 is 0 Å². The second kappa shape index (κ2) is 3.89. The van der Waals surface area contributed by atoms with Crippen molar-refractivity contribution >= 4 is 5.97 Å². The van der Waals surface area contributed by atoms with Gasteiger partial charge in [0.15, 0.2) is 0 Å². The first-order chi connectivity index (χ1) is 6.15. The van der Waals surface area contributed by atoms with Crippen LogP contribution in [0.1, 0.15) is 22.8 Å². The van der Waals surface area contributed by atoms with Gasteiger partial charge in [-0.15, -0.1) is 0 Å². The Kier molecular flexibility index (Phi) is 2.84. The molecular weight excluding hydrogens is 170 g/mol. The van der Waals surface area contributed by atoms with Crippen molar-refractivity contribution in [3.8, 4) is 0 Å². The fraction of sp³-hybridized carbons (Fsp3) is 0.333. The van der Waals surface area contributed by atoms with Crippen molar-refractivity contribution in [2.75, 3.05) is 6.61 Å². The number of nitrogens with one attached hydrogen (secondary N) is 1. The summed E-state index contributed by atoms with van der Waals surface area (Å²) in [5.41, 5.74) is 0.814. The standard InChI is InChI=1S/C9H11NO3/c1-3-13-9(12)7-5-10-8(11)4-6(7)2/h4-5H,3H2,1-2H3,(H,10,11). The summed E-state index contributed by atoms with van der Waals surface area (Å²) < 4.78 is 4.79.